The normalized spacial score (nSPS) is 15.8. The Morgan fingerprint density at radius 3 is 2.56 bits per heavy atom. The molecule has 0 saturated carbocycles. The van der Waals surface area contributed by atoms with E-state index in [1.807, 2.05) is 42.2 Å². The molecule has 4 aromatic rings. The van der Waals surface area contributed by atoms with Crippen molar-refractivity contribution >= 4 is 22.4 Å². The maximum Gasteiger partial charge on any atom is 0.152 e. The van der Waals surface area contributed by atoms with Gasteiger partial charge in [-0.05, 0) is 36.7 Å². The van der Waals surface area contributed by atoms with Crippen molar-refractivity contribution in [2.45, 2.75) is 6.23 Å². The van der Waals surface area contributed by atoms with E-state index in [4.69, 9.17) is 0 Å². The van der Waals surface area contributed by atoms with Gasteiger partial charge in [0.05, 0.1) is 18.2 Å². The molecule has 1 fully saturated rings. The molecule has 4 heterocycles. The number of hydrogen-bond acceptors (Lipinski definition) is 7. The molecule has 1 saturated heterocycles. The van der Waals surface area contributed by atoms with E-state index in [1.165, 1.54) is 0 Å². The number of benzene rings is 1. The monoisotopic (exact) mass is 429 g/mol. The van der Waals surface area contributed by atoms with E-state index in [-0.39, 0.29) is 0 Å². The molecule has 0 amide bonds. The number of pyridine rings is 2. The summed E-state index contributed by atoms with van der Waals surface area (Å²) in [6.07, 6.45) is 6.34. The Kier molecular flexibility index (Phi) is 5.46. The number of likely N-dealkylation sites (N-methyl/N-ethyl adjacent to an activating group) is 1. The summed E-state index contributed by atoms with van der Waals surface area (Å²) in [5.41, 5.74) is 2.90. The van der Waals surface area contributed by atoms with Crippen LogP contribution in [0, 0.1) is 0 Å². The molecule has 3 aromatic heterocycles. The molecule has 8 heteroatoms. The van der Waals surface area contributed by atoms with Crippen molar-refractivity contribution in [3.8, 4) is 11.3 Å². The van der Waals surface area contributed by atoms with Gasteiger partial charge in [-0.25, -0.2) is 15.0 Å². The van der Waals surface area contributed by atoms with Gasteiger partial charge < -0.3 is 24.8 Å². The topological polar surface area (TPSA) is 82.3 Å². The van der Waals surface area contributed by atoms with Gasteiger partial charge in [-0.2, -0.15) is 0 Å². The lowest BCUT2D eigenvalue weighted by Gasteiger charge is -2.33. The highest BCUT2D eigenvalue weighted by Gasteiger charge is 2.17. The predicted octanol–water partition coefficient (Wildman–Crippen LogP) is 2.89. The molecule has 0 bridgehead atoms. The van der Waals surface area contributed by atoms with Crippen molar-refractivity contribution in [3.05, 3.63) is 66.9 Å². The zero-order valence-corrected chi connectivity index (χ0v) is 18.3. The molecule has 1 aliphatic heterocycles. The summed E-state index contributed by atoms with van der Waals surface area (Å²) in [6, 6.07) is 12.0. The van der Waals surface area contributed by atoms with Crippen LogP contribution < -0.4 is 10.2 Å². The van der Waals surface area contributed by atoms with Gasteiger partial charge in [0.2, 0.25) is 0 Å². The fourth-order valence-electron chi connectivity index (χ4n) is 4.05. The van der Waals surface area contributed by atoms with Crippen molar-refractivity contribution in [1.29, 1.82) is 0 Å². The molecule has 32 heavy (non-hydrogen) atoms. The van der Waals surface area contributed by atoms with E-state index < -0.39 is 6.23 Å². The number of aliphatic hydroxyl groups excluding tert-OH is 1. The van der Waals surface area contributed by atoms with Crippen LogP contribution in [0.4, 0.5) is 11.6 Å². The van der Waals surface area contributed by atoms with E-state index in [0.29, 0.717) is 5.82 Å². The van der Waals surface area contributed by atoms with Crippen molar-refractivity contribution < 1.29 is 5.11 Å². The Labute approximate surface area is 187 Å². The van der Waals surface area contributed by atoms with Gasteiger partial charge in [0.15, 0.2) is 6.23 Å². The minimum absolute atomic E-state index is 0.616. The molecule has 1 unspecified atom stereocenters. The summed E-state index contributed by atoms with van der Waals surface area (Å²) in [4.78, 5) is 17.8. The number of aromatic nitrogens is 4. The van der Waals surface area contributed by atoms with Crippen molar-refractivity contribution in [3.63, 3.8) is 0 Å². The number of aryl methyl sites for hydroxylation is 1. The van der Waals surface area contributed by atoms with E-state index in [9.17, 15) is 5.11 Å². The number of rotatable bonds is 5. The van der Waals surface area contributed by atoms with Crippen LogP contribution >= 0.6 is 0 Å². The molecule has 1 aliphatic rings. The molecule has 2 N–H and O–H groups in total. The third kappa shape index (κ3) is 4.15. The predicted molar refractivity (Wildman–Crippen MR) is 126 cm³/mol. The number of nitrogens with zero attached hydrogens (tertiary/aromatic N) is 6. The summed E-state index contributed by atoms with van der Waals surface area (Å²) in [7, 11) is 4.11. The molecular weight excluding hydrogens is 402 g/mol. The lowest BCUT2D eigenvalue weighted by Crippen LogP contribution is -2.44. The van der Waals surface area contributed by atoms with Crippen molar-refractivity contribution in [2.75, 3.05) is 43.4 Å². The highest BCUT2D eigenvalue weighted by Crippen LogP contribution is 2.26. The van der Waals surface area contributed by atoms with Crippen LogP contribution in [0.25, 0.3) is 22.0 Å². The number of aliphatic hydroxyl groups is 1. The first-order valence-corrected chi connectivity index (χ1v) is 10.8. The van der Waals surface area contributed by atoms with Crippen LogP contribution in [0.1, 0.15) is 11.8 Å². The van der Waals surface area contributed by atoms with Crippen LogP contribution in [0.3, 0.4) is 0 Å². The summed E-state index contributed by atoms with van der Waals surface area (Å²) in [6.45, 7) is 3.88. The zero-order valence-electron chi connectivity index (χ0n) is 18.3. The van der Waals surface area contributed by atoms with Crippen LogP contribution in [0.2, 0.25) is 0 Å². The number of piperazine rings is 1. The SMILES string of the molecule is CN1CCN(c2cc(C(O)Nc3cc4cc(-c5cncn5C)ccc4cn3)ccn2)CC1. The van der Waals surface area contributed by atoms with E-state index in [2.05, 4.69) is 55.3 Å². The Hall–Kier alpha value is -3.49. The van der Waals surface area contributed by atoms with Crippen molar-refractivity contribution in [2.24, 2.45) is 7.05 Å². The lowest BCUT2D eigenvalue weighted by molar-refractivity contribution is 0.207. The Morgan fingerprint density at radius 1 is 0.938 bits per heavy atom. The maximum atomic E-state index is 10.8. The third-order valence-electron chi connectivity index (χ3n) is 6.03. The summed E-state index contributed by atoms with van der Waals surface area (Å²) in [5, 5.41) is 16.0. The average molecular weight is 430 g/mol. The van der Waals surface area contributed by atoms with E-state index in [1.54, 1.807) is 12.5 Å². The number of fused-ring (bicyclic) bond motifs is 1. The quantitative estimate of drug-likeness (QED) is 0.472. The number of imidazole rings is 1. The van der Waals surface area contributed by atoms with Crippen molar-refractivity contribution in [1.82, 2.24) is 24.4 Å². The number of nitrogens with one attached hydrogen (secondary N) is 1. The summed E-state index contributed by atoms with van der Waals surface area (Å²) in [5.74, 6) is 1.51. The van der Waals surface area contributed by atoms with Gasteiger partial charge >= 0.3 is 0 Å². The molecule has 1 atom stereocenters. The fourth-order valence-corrected chi connectivity index (χ4v) is 4.05. The smallest absolute Gasteiger partial charge is 0.152 e. The fraction of sp³-hybridized carbons (Fsp3) is 0.292. The van der Waals surface area contributed by atoms with Crippen LogP contribution in [0.5, 0.6) is 0 Å². The number of anilines is 2. The molecule has 164 valence electrons. The summed E-state index contributed by atoms with van der Waals surface area (Å²) >= 11 is 0. The van der Waals surface area contributed by atoms with Gasteiger partial charge in [-0.3, -0.25) is 0 Å². The average Bonchev–Trinajstić information content (AvgIpc) is 3.25. The van der Waals surface area contributed by atoms with Crippen LogP contribution in [-0.4, -0.2) is 62.8 Å². The zero-order chi connectivity index (χ0) is 22.1. The highest BCUT2D eigenvalue weighted by atomic mass is 16.3. The molecular formula is C24H27N7O. The largest absolute Gasteiger partial charge is 0.369 e. The van der Waals surface area contributed by atoms with Crippen LogP contribution in [-0.2, 0) is 7.05 Å². The molecule has 0 spiro atoms. The summed E-state index contributed by atoms with van der Waals surface area (Å²) < 4.78 is 1.99. The van der Waals surface area contributed by atoms with Crippen LogP contribution in [0.15, 0.2) is 61.3 Å². The molecule has 0 radical (unpaired) electrons. The molecule has 1 aromatic carbocycles. The first kappa shape index (κ1) is 20.4. The standard InChI is InChI=1S/C24H27N7O/c1-29-7-9-31(10-8-29)23-13-18(5-6-26-23)24(32)28-22-12-20-11-17(3-4-19(20)14-27-22)21-15-25-16-30(21)2/h3-6,11-16,24,32H,7-10H2,1-2H3,(H,27,28). The Balaban J connectivity index is 1.36. The Morgan fingerprint density at radius 2 is 1.78 bits per heavy atom. The second-order valence-electron chi connectivity index (χ2n) is 8.31. The van der Waals surface area contributed by atoms with Gasteiger partial charge in [-0.15, -0.1) is 0 Å². The maximum absolute atomic E-state index is 10.8. The van der Waals surface area contributed by atoms with Gasteiger partial charge in [0.1, 0.15) is 11.6 Å². The van der Waals surface area contributed by atoms with Gasteiger partial charge in [-0.1, -0.05) is 12.1 Å². The third-order valence-corrected chi connectivity index (χ3v) is 6.03. The van der Waals surface area contributed by atoms with Gasteiger partial charge in [0.25, 0.3) is 0 Å². The highest BCUT2D eigenvalue weighted by molar-refractivity contribution is 5.88. The minimum atomic E-state index is -0.880. The minimum Gasteiger partial charge on any atom is -0.369 e. The lowest BCUT2D eigenvalue weighted by atomic mass is 10.1. The van der Waals surface area contributed by atoms with E-state index in [0.717, 1.165) is 59.6 Å². The first-order valence-electron chi connectivity index (χ1n) is 10.8. The van der Waals surface area contributed by atoms with Gasteiger partial charge in [0, 0.05) is 62.1 Å². The second kappa shape index (κ2) is 8.57. The first-order chi connectivity index (χ1) is 15.6. The molecule has 0 aliphatic carbocycles. The molecule has 5 rings (SSSR count). The number of hydrogen-bond donors (Lipinski definition) is 2. The molecule has 8 nitrogen and oxygen atoms in total. The van der Waals surface area contributed by atoms with E-state index >= 15 is 0 Å². The second-order valence-corrected chi connectivity index (χ2v) is 8.31. The Bertz CT molecular complexity index is 1230.